The summed E-state index contributed by atoms with van der Waals surface area (Å²) in [7, 11) is -0.528. The van der Waals surface area contributed by atoms with Crippen LogP contribution in [-0.2, 0) is 18.8 Å². The molecule has 0 aliphatic heterocycles. The van der Waals surface area contributed by atoms with E-state index in [1.807, 2.05) is 0 Å². The molecule has 2 atom stereocenters. The number of carbonyl (C=O) groups excluding carboxylic acids is 2. The molecule has 0 N–H and O–H groups in total. The van der Waals surface area contributed by atoms with E-state index in [1.165, 1.54) is 32.8 Å². The van der Waals surface area contributed by atoms with E-state index >= 15 is 0 Å². The second kappa shape index (κ2) is 14.1. The quantitative estimate of drug-likeness (QED) is 0.0875. The largest absolute Gasteiger partial charge is 0.469 e. The Morgan fingerprint density at radius 1 is 1.06 bits per heavy atom. The number of carbonyl (C=O) groups is 2. The molecule has 1 fully saturated rings. The second-order valence-corrected chi connectivity index (χ2v) is 15.4. The predicted octanol–water partition coefficient (Wildman–Crippen LogP) is 7.54. The van der Waals surface area contributed by atoms with E-state index in [2.05, 4.69) is 59.0 Å². The van der Waals surface area contributed by atoms with Gasteiger partial charge in [0.2, 0.25) is 0 Å². The standard InChI is InChI=1S/C27H48O4Si/c1-8-9-10-11-12-16-19-23-22(18-15-13-14-17-20-26(29)30-5)24(28)21-25(23)31-32(6,7)27(2,3)4/h16,18-19,23,25H,8-15,17,20-21H2,1-7H3. The molecule has 0 heterocycles. The van der Waals surface area contributed by atoms with Gasteiger partial charge in [0.15, 0.2) is 14.1 Å². The third-order valence-electron chi connectivity index (χ3n) is 6.97. The van der Waals surface area contributed by atoms with E-state index in [0.717, 1.165) is 37.7 Å². The monoisotopic (exact) mass is 464 g/mol. The number of ether oxygens (including phenoxy) is 1. The zero-order valence-electron chi connectivity index (χ0n) is 21.8. The first-order chi connectivity index (χ1) is 15.0. The van der Waals surface area contributed by atoms with Crippen molar-refractivity contribution in [2.75, 3.05) is 7.11 Å². The lowest BCUT2D eigenvalue weighted by atomic mass is 9.97. The highest BCUT2D eigenvalue weighted by atomic mass is 28.4. The molecule has 184 valence electrons. The molecule has 1 saturated carbocycles. The average Bonchev–Trinajstić information content (AvgIpc) is 2.99. The lowest BCUT2D eigenvalue weighted by Gasteiger charge is -2.39. The van der Waals surface area contributed by atoms with Gasteiger partial charge in [-0.3, -0.25) is 9.59 Å². The normalized spacial score (nSPS) is 21.1. The molecule has 0 aromatic heterocycles. The Labute approximate surface area is 198 Å². The van der Waals surface area contributed by atoms with Crippen molar-refractivity contribution in [3.8, 4) is 0 Å². The third-order valence-corrected chi connectivity index (χ3v) is 11.5. The van der Waals surface area contributed by atoms with Crippen LogP contribution >= 0.6 is 0 Å². The minimum atomic E-state index is -1.96. The minimum absolute atomic E-state index is 0.0409. The molecule has 0 amide bonds. The van der Waals surface area contributed by atoms with Gasteiger partial charge in [-0.05, 0) is 50.2 Å². The van der Waals surface area contributed by atoms with Crippen molar-refractivity contribution in [2.24, 2.45) is 5.92 Å². The predicted molar refractivity (Wildman–Crippen MR) is 136 cm³/mol. The SMILES string of the molecule is CCCCCCC=CC1C(=CCCCCCC(=O)OC)C(=O)CC1O[Si](C)(C)C(C)(C)C. The fourth-order valence-electron chi connectivity index (χ4n) is 3.84. The van der Waals surface area contributed by atoms with Gasteiger partial charge in [0.05, 0.1) is 13.2 Å². The smallest absolute Gasteiger partial charge is 0.305 e. The number of hydrogen-bond acceptors (Lipinski definition) is 4. The maximum Gasteiger partial charge on any atom is 0.305 e. The van der Waals surface area contributed by atoms with Crippen molar-refractivity contribution in [2.45, 2.75) is 123 Å². The van der Waals surface area contributed by atoms with E-state index < -0.39 is 8.32 Å². The summed E-state index contributed by atoms with van der Waals surface area (Å²) < 4.78 is 11.4. The van der Waals surface area contributed by atoms with Crippen molar-refractivity contribution in [1.82, 2.24) is 0 Å². The Kier molecular flexibility index (Phi) is 12.7. The molecule has 0 bridgehead atoms. The zero-order valence-corrected chi connectivity index (χ0v) is 22.8. The fourth-order valence-corrected chi connectivity index (χ4v) is 5.18. The topological polar surface area (TPSA) is 52.6 Å². The molecule has 1 aliphatic rings. The van der Waals surface area contributed by atoms with Gasteiger partial charge < -0.3 is 9.16 Å². The van der Waals surface area contributed by atoms with E-state index in [9.17, 15) is 9.59 Å². The summed E-state index contributed by atoms with van der Waals surface area (Å²) >= 11 is 0. The highest BCUT2D eigenvalue weighted by Crippen LogP contribution is 2.42. The van der Waals surface area contributed by atoms with Crippen LogP contribution in [0.3, 0.4) is 0 Å². The van der Waals surface area contributed by atoms with E-state index in [-0.39, 0.29) is 28.8 Å². The Hall–Kier alpha value is -1.20. The van der Waals surface area contributed by atoms with Crippen LogP contribution in [0, 0.1) is 5.92 Å². The average molecular weight is 465 g/mol. The van der Waals surface area contributed by atoms with Crippen molar-refractivity contribution in [3.05, 3.63) is 23.8 Å². The maximum atomic E-state index is 12.9. The van der Waals surface area contributed by atoms with E-state index in [0.29, 0.717) is 12.8 Å². The number of esters is 1. The van der Waals surface area contributed by atoms with Crippen LogP contribution in [0.25, 0.3) is 0 Å². The number of unbranched alkanes of at least 4 members (excludes halogenated alkanes) is 7. The van der Waals surface area contributed by atoms with Gasteiger partial charge in [-0.2, -0.15) is 0 Å². The Morgan fingerprint density at radius 3 is 2.34 bits per heavy atom. The number of Topliss-reactive ketones (excluding diaryl/α,β-unsaturated/α-hetero) is 1. The summed E-state index contributed by atoms with van der Waals surface area (Å²) in [5, 5.41) is 0.122. The Morgan fingerprint density at radius 2 is 1.72 bits per heavy atom. The fraction of sp³-hybridized carbons (Fsp3) is 0.778. The van der Waals surface area contributed by atoms with Gasteiger partial charge >= 0.3 is 5.97 Å². The van der Waals surface area contributed by atoms with Crippen LogP contribution in [0.15, 0.2) is 23.8 Å². The van der Waals surface area contributed by atoms with Crippen molar-refractivity contribution in [1.29, 1.82) is 0 Å². The molecule has 1 aliphatic carbocycles. The lowest BCUT2D eigenvalue weighted by Crippen LogP contribution is -2.44. The van der Waals surface area contributed by atoms with Gasteiger partial charge in [-0.1, -0.05) is 71.6 Å². The van der Waals surface area contributed by atoms with Crippen LogP contribution in [0.5, 0.6) is 0 Å². The molecule has 0 spiro atoms. The summed E-state index contributed by atoms with van der Waals surface area (Å²) in [6.07, 6.45) is 17.3. The van der Waals surface area contributed by atoms with Crippen molar-refractivity contribution in [3.63, 3.8) is 0 Å². The first kappa shape index (κ1) is 28.8. The first-order valence-electron chi connectivity index (χ1n) is 12.7. The Bertz CT molecular complexity index is 643. The van der Waals surface area contributed by atoms with E-state index in [4.69, 9.17) is 9.16 Å². The zero-order chi connectivity index (χ0) is 24.2. The molecule has 1 rings (SSSR count). The van der Waals surface area contributed by atoms with E-state index in [1.54, 1.807) is 0 Å². The summed E-state index contributed by atoms with van der Waals surface area (Å²) in [6.45, 7) is 13.5. The Balaban J connectivity index is 2.82. The molecular weight excluding hydrogens is 416 g/mol. The molecular formula is C27H48O4Si. The molecule has 0 saturated heterocycles. The van der Waals surface area contributed by atoms with Crippen LogP contribution in [0.4, 0.5) is 0 Å². The number of rotatable bonds is 14. The van der Waals surface area contributed by atoms with Gasteiger partial charge in [0.25, 0.3) is 0 Å². The van der Waals surface area contributed by atoms with Crippen molar-refractivity contribution >= 4 is 20.1 Å². The second-order valence-electron chi connectivity index (χ2n) is 10.7. The highest BCUT2D eigenvalue weighted by molar-refractivity contribution is 6.74. The maximum absolute atomic E-state index is 12.9. The molecule has 0 aromatic carbocycles. The minimum Gasteiger partial charge on any atom is -0.469 e. The van der Waals surface area contributed by atoms with Crippen LogP contribution in [-0.4, -0.2) is 33.3 Å². The van der Waals surface area contributed by atoms with Crippen LogP contribution < -0.4 is 0 Å². The molecule has 5 heteroatoms. The van der Waals surface area contributed by atoms with Gasteiger partial charge in [0, 0.05) is 24.3 Å². The number of methoxy groups -OCH3 is 1. The molecule has 2 unspecified atom stereocenters. The van der Waals surface area contributed by atoms with Crippen LogP contribution in [0.1, 0.15) is 98.3 Å². The summed E-state index contributed by atoms with van der Waals surface area (Å²) in [5.41, 5.74) is 0.937. The van der Waals surface area contributed by atoms with Gasteiger partial charge in [-0.25, -0.2) is 0 Å². The summed E-state index contributed by atoms with van der Waals surface area (Å²) in [5.74, 6) is 0.158. The summed E-state index contributed by atoms with van der Waals surface area (Å²) in [4.78, 5) is 24.2. The van der Waals surface area contributed by atoms with Crippen LogP contribution in [0.2, 0.25) is 18.1 Å². The van der Waals surface area contributed by atoms with Crippen molar-refractivity contribution < 1.29 is 18.8 Å². The number of ketones is 1. The van der Waals surface area contributed by atoms with Gasteiger partial charge in [-0.15, -0.1) is 0 Å². The number of hydrogen-bond donors (Lipinski definition) is 0. The van der Waals surface area contributed by atoms with Gasteiger partial charge in [0.1, 0.15) is 0 Å². The number of allylic oxidation sites excluding steroid dienone is 2. The third kappa shape index (κ3) is 9.74. The first-order valence-corrected chi connectivity index (χ1v) is 15.6. The lowest BCUT2D eigenvalue weighted by molar-refractivity contribution is -0.140. The molecule has 4 nitrogen and oxygen atoms in total. The highest BCUT2D eigenvalue weighted by Gasteiger charge is 2.44. The molecule has 0 radical (unpaired) electrons. The summed E-state index contributed by atoms with van der Waals surface area (Å²) in [6, 6.07) is 0. The molecule has 32 heavy (non-hydrogen) atoms. The molecule has 0 aromatic rings.